The molecule has 1 saturated heterocycles. The van der Waals surface area contributed by atoms with E-state index in [1.54, 1.807) is 6.07 Å². The van der Waals surface area contributed by atoms with Crippen molar-refractivity contribution in [2.45, 2.75) is 56.0 Å². The molecule has 1 N–H and O–H groups in total. The van der Waals surface area contributed by atoms with Gasteiger partial charge in [-0.2, -0.15) is 26.3 Å². The number of hydrogen-bond acceptors (Lipinski definition) is 3. The van der Waals surface area contributed by atoms with Gasteiger partial charge in [-0.25, -0.2) is 9.78 Å². The molecule has 0 radical (unpaired) electrons. The van der Waals surface area contributed by atoms with Crippen LogP contribution in [0.15, 0.2) is 36.5 Å². The molecule has 2 heterocycles. The summed E-state index contributed by atoms with van der Waals surface area (Å²) in [6.45, 7) is 1.73. The third-order valence-electron chi connectivity index (χ3n) is 7.05. The topological polar surface area (TPSA) is 48.5 Å². The van der Waals surface area contributed by atoms with Crippen LogP contribution in [0.3, 0.4) is 0 Å². The Kier molecular flexibility index (Phi) is 6.27. The van der Waals surface area contributed by atoms with Crippen molar-refractivity contribution < 1.29 is 31.1 Å². The van der Waals surface area contributed by atoms with Crippen LogP contribution < -0.4 is 10.2 Å². The van der Waals surface area contributed by atoms with Crippen LogP contribution >= 0.6 is 0 Å². The van der Waals surface area contributed by atoms with E-state index in [4.69, 9.17) is 0 Å². The lowest BCUT2D eigenvalue weighted by molar-refractivity contribution is -0.141. The minimum atomic E-state index is -4.58. The summed E-state index contributed by atoms with van der Waals surface area (Å²) in [5.41, 5.74) is -1.20. The van der Waals surface area contributed by atoms with Gasteiger partial charge in [-0.3, -0.25) is 4.90 Å². The molecule has 2 aromatic rings. The van der Waals surface area contributed by atoms with Gasteiger partial charge in [0.2, 0.25) is 0 Å². The molecule has 0 bridgehead atoms. The molecule has 1 unspecified atom stereocenters. The fourth-order valence-electron chi connectivity index (χ4n) is 5.29. The number of carbonyl (C=O) groups is 1. The lowest BCUT2D eigenvalue weighted by Crippen LogP contribution is -2.54. The number of urea groups is 1. The molecule has 11 heteroatoms. The van der Waals surface area contributed by atoms with Gasteiger partial charge in [-0.15, -0.1) is 0 Å². The van der Waals surface area contributed by atoms with Crippen LogP contribution in [0.1, 0.15) is 47.6 Å². The van der Waals surface area contributed by atoms with Crippen LogP contribution in [0.2, 0.25) is 0 Å². The van der Waals surface area contributed by atoms with Crippen molar-refractivity contribution in [1.29, 1.82) is 0 Å². The highest BCUT2D eigenvalue weighted by Gasteiger charge is 2.49. The molecule has 1 saturated carbocycles. The lowest BCUT2D eigenvalue weighted by Gasteiger charge is -2.45. The maximum atomic E-state index is 13.3. The average Bonchev–Trinajstić information content (AvgIpc) is 3.07. The van der Waals surface area contributed by atoms with Gasteiger partial charge in [0.25, 0.3) is 0 Å². The Morgan fingerprint density at radius 1 is 1.11 bits per heavy atom. The summed E-state index contributed by atoms with van der Waals surface area (Å²) in [5.74, 6) is -0.168. The number of aryl methyl sites for hydroxylation is 1. The first-order valence-electron chi connectivity index (χ1n) is 11.2. The van der Waals surface area contributed by atoms with Crippen LogP contribution in [0.25, 0.3) is 0 Å². The van der Waals surface area contributed by atoms with E-state index in [0.717, 1.165) is 18.3 Å². The molecule has 1 aliphatic heterocycles. The van der Waals surface area contributed by atoms with E-state index in [9.17, 15) is 31.1 Å². The Balaban J connectivity index is 1.58. The number of anilines is 1. The zero-order valence-corrected chi connectivity index (χ0v) is 19.5. The van der Waals surface area contributed by atoms with E-state index >= 15 is 0 Å². The molecular formula is C24H26F6N4O. The predicted octanol–water partition coefficient (Wildman–Crippen LogP) is 5.59. The van der Waals surface area contributed by atoms with Crippen molar-refractivity contribution in [2.75, 3.05) is 25.5 Å². The van der Waals surface area contributed by atoms with E-state index < -0.39 is 35.2 Å². The summed E-state index contributed by atoms with van der Waals surface area (Å²) >= 11 is 0. The highest BCUT2D eigenvalue weighted by molar-refractivity contribution is 5.96. The summed E-state index contributed by atoms with van der Waals surface area (Å²) in [4.78, 5) is 19.7. The van der Waals surface area contributed by atoms with Gasteiger partial charge in [0.05, 0.1) is 29.5 Å². The van der Waals surface area contributed by atoms with Crippen LogP contribution in [-0.4, -0.2) is 48.1 Å². The number of nitrogens with one attached hydrogen (secondary N) is 1. The Bertz CT molecular complexity index is 1120. The molecule has 2 amide bonds. The first kappa shape index (κ1) is 25.3. The Hall–Kier alpha value is -2.82. The van der Waals surface area contributed by atoms with Crippen LogP contribution in [-0.2, 0) is 12.4 Å². The van der Waals surface area contributed by atoms with Gasteiger partial charge < -0.3 is 10.2 Å². The summed E-state index contributed by atoms with van der Waals surface area (Å²) in [6, 6.07) is 5.69. The Morgan fingerprint density at radius 3 is 2.43 bits per heavy atom. The minimum Gasteiger partial charge on any atom is -0.330 e. The third kappa shape index (κ3) is 4.96. The molecule has 190 valence electrons. The molecule has 2 aliphatic rings. The smallest absolute Gasteiger partial charge is 0.330 e. The molecule has 1 aromatic carbocycles. The maximum absolute atomic E-state index is 13.3. The number of halogens is 6. The molecular weight excluding hydrogens is 474 g/mol. The molecule has 3 atom stereocenters. The molecule has 2 fully saturated rings. The van der Waals surface area contributed by atoms with Gasteiger partial charge in [0.15, 0.2) is 0 Å². The normalized spacial score (nSPS) is 25.4. The van der Waals surface area contributed by atoms with Crippen molar-refractivity contribution in [2.24, 2.45) is 0 Å². The first-order valence-corrected chi connectivity index (χ1v) is 11.2. The average molecular weight is 500 g/mol. The zero-order chi connectivity index (χ0) is 25.8. The summed E-state index contributed by atoms with van der Waals surface area (Å²) in [7, 11) is 3.70. The summed E-state index contributed by atoms with van der Waals surface area (Å²) in [5, 5.41) is 3.01. The number of carbonyl (C=O) groups excluding carboxylic acids is 1. The minimum absolute atomic E-state index is 0.153. The second-order valence-electron chi connectivity index (χ2n) is 9.65. The van der Waals surface area contributed by atoms with E-state index in [1.165, 1.54) is 24.0 Å². The Morgan fingerprint density at radius 2 is 1.83 bits per heavy atom. The number of alkyl halides is 6. The zero-order valence-electron chi connectivity index (χ0n) is 19.5. The van der Waals surface area contributed by atoms with Crippen molar-refractivity contribution in [3.05, 3.63) is 58.9 Å². The van der Waals surface area contributed by atoms with Crippen molar-refractivity contribution in [3.8, 4) is 0 Å². The second-order valence-corrected chi connectivity index (χ2v) is 9.65. The van der Waals surface area contributed by atoms with E-state index in [-0.39, 0.29) is 24.1 Å². The molecule has 5 nitrogen and oxygen atoms in total. The number of likely N-dealkylation sites (N-methyl/N-ethyl adjacent to an activating group) is 1. The molecule has 35 heavy (non-hydrogen) atoms. The van der Waals surface area contributed by atoms with Gasteiger partial charge >= 0.3 is 18.4 Å². The number of pyridine rings is 1. The van der Waals surface area contributed by atoms with Crippen LogP contribution in [0.5, 0.6) is 0 Å². The monoisotopic (exact) mass is 500 g/mol. The standard InChI is InChI=1S/C24H26F6N4O/c1-14-9-20(24(28,29)30)31-12-19(14)34-13-22(32-21(34)35)8-7-17(18(11-22)33(2)3)15-5-4-6-16(10-15)23(25,26)27/h4-6,9-10,12,17-18H,7-8,11,13H2,1-3H3,(H,32,35)/t17-,18-,22?/m0/s1. The highest BCUT2D eigenvalue weighted by atomic mass is 19.4. The summed E-state index contributed by atoms with van der Waals surface area (Å²) in [6.07, 6.45) is -6.41. The number of hydrogen-bond donors (Lipinski definition) is 1. The van der Waals surface area contributed by atoms with Gasteiger partial charge in [-0.1, -0.05) is 18.2 Å². The lowest BCUT2D eigenvalue weighted by atomic mass is 9.70. The van der Waals surface area contributed by atoms with E-state index in [1.807, 2.05) is 19.0 Å². The number of aromatic nitrogens is 1. The highest BCUT2D eigenvalue weighted by Crippen LogP contribution is 2.44. The number of benzene rings is 1. The predicted molar refractivity (Wildman–Crippen MR) is 118 cm³/mol. The quantitative estimate of drug-likeness (QED) is 0.559. The molecule has 1 aliphatic carbocycles. The van der Waals surface area contributed by atoms with Crippen LogP contribution in [0.4, 0.5) is 36.8 Å². The number of amides is 2. The largest absolute Gasteiger partial charge is 0.433 e. The maximum Gasteiger partial charge on any atom is 0.433 e. The Labute approximate surface area is 199 Å². The molecule has 4 rings (SSSR count). The number of rotatable bonds is 3. The van der Waals surface area contributed by atoms with Crippen molar-refractivity contribution in [3.63, 3.8) is 0 Å². The SMILES string of the molecule is Cc1cc(C(F)(F)F)ncc1N1CC2(CC[C@@H](c3cccc(C(F)(F)F)c3)[C@@H](N(C)C)C2)NC1=O. The van der Waals surface area contributed by atoms with Gasteiger partial charge in [0.1, 0.15) is 5.69 Å². The second kappa shape index (κ2) is 8.69. The fraction of sp³-hybridized carbons (Fsp3) is 0.500. The fourth-order valence-corrected chi connectivity index (χ4v) is 5.29. The third-order valence-corrected chi connectivity index (χ3v) is 7.05. The van der Waals surface area contributed by atoms with Crippen molar-refractivity contribution in [1.82, 2.24) is 15.2 Å². The van der Waals surface area contributed by atoms with Crippen molar-refractivity contribution >= 4 is 11.7 Å². The molecule has 1 aromatic heterocycles. The molecule has 1 spiro atoms. The van der Waals surface area contributed by atoms with E-state index in [0.29, 0.717) is 30.5 Å². The first-order chi connectivity index (χ1) is 16.2. The van der Waals surface area contributed by atoms with Gasteiger partial charge in [0, 0.05) is 6.04 Å². The van der Waals surface area contributed by atoms with Gasteiger partial charge in [-0.05, 0) is 69.5 Å². The summed E-state index contributed by atoms with van der Waals surface area (Å²) < 4.78 is 78.8. The van der Waals surface area contributed by atoms with E-state index in [2.05, 4.69) is 10.3 Å². The van der Waals surface area contributed by atoms with Crippen LogP contribution in [0, 0.1) is 6.92 Å². The number of nitrogens with zero attached hydrogens (tertiary/aromatic N) is 3.